The van der Waals surface area contributed by atoms with Crippen LogP contribution in [0.15, 0.2) is 24.5 Å². The summed E-state index contributed by atoms with van der Waals surface area (Å²) in [4.78, 5) is 8.17. The lowest BCUT2D eigenvalue weighted by Crippen LogP contribution is -1.98. The lowest BCUT2D eigenvalue weighted by atomic mass is 10.1. The van der Waals surface area contributed by atoms with Crippen LogP contribution in [-0.4, -0.2) is 9.97 Å². The molecular formula is C12H12ClN3. The molecule has 1 aromatic carbocycles. The standard InChI is InChI=1S/C12H12ClN3/c1-7-3-4-9(5-10(7)13)11-8(2)12(14)16-6-15-11/h3-6H,1-2H3,(H2,14,15,16). The van der Waals surface area contributed by atoms with Gasteiger partial charge in [-0.05, 0) is 25.5 Å². The Morgan fingerprint density at radius 2 is 1.94 bits per heavy atom. The number of nitrogen functional groups attached to an aromatic ring is 1. The molecule has 82 valence electrons. The Hall–Kier alpha value is -1.61. The van der Waals surface area contributed by atoms with E-state index in [1.54, 1.807) is 0 Å². The molecule has 16 heavy (non-hydrogen) atoms. The molecule has 0 atom stereocenters. The summed E-state index contributed by atoms with van der Waals surface area (Å²) in [5.74, 6) is 0.502. The Morgan fingerprint density at radius 3 is 2.62 bits per heavy atom. The second-order valence-electron chi connectivity index (χ2n) is 3.70. The monoisotopic (exact) mass is 233 g/mol. The normalized spacial score (nSPS) is 10.4. The van der Waals surface area contributed by atoms with E-state index >= 15 is 0 Å². The number of nitrogens with zero attached hydrogens (tertiary/aromatic N) is 2. The lowest BCUT2D eigenvalue weighted by molar-refractivity contribution is 1.14. The highest BCUT2D eigenvalue weighted by atomic mass is 35.5. The van der Waals surface area contributed by atoms with Crippen molar-refractivity contribution in [1.29, 1.82) is 0 Å². The van der Waals surface area contributed by atoms with Crippen LogP contribution in [0.2, 0.25) is 5.02 Å². The van der Waals surface area contributed by atoms with E-state index in [1.165, 1.54) is 6.33 Å². The summed E-state index contributed by atoms with van der Waals surface area (Å²) in [6.45, 7) is 3.87. The molecule has 1 heterocycles. The van der Waals surface area contributed by atoms with Crippen LogP contribution in [0.4, 0.5) is 5.82 Å². The second-order valence-corrected chi connectivity index (χ2v) is 4.10. The van der Waals surface area contributed by atoms with Crippen LogP contribution in [0.3, 0.4) is 0 Å². The summed E-state index contributed by atoms with van der Waals surface area (Å²) < 4.78 is 0. The van der Waals surface area contributed by atoms with Crippen molar-refractivity contribution in [2.75, 3.05) is 5.73 Å². The fourth-order valence-electron chi connectivity index (χ4n) is 1.49. The first-order valence-electron chi connectivity index (χ1n) is 4.93. The molecule has 0 unspecified atom stereocenters. The van der Waals surface area contributed by atoms with E-state index in [-0.39, 0.29) is 0 Å². The molecule has 0 aliphatic carbocycles. The number of aromatic nitrogens is 2. The van der Waals surface area contributed by atoms with Crippen molar-refractivity contribution >= 4 is 17.4 Å². The van der Waals surface area contributed by atoms with Gasteiger partial charge in [0.25, 0.3) is 0 Å². The number of anilines is 1. The van der Waals surface area contributed by atoms with Crippen LogP contribution in [0.25, 0.3) is 11.3 Å². The molecule has 2 aromatic rings. The van der Waals surface area contributed by atoms with E-state index < -0.39 is 0 Å². The minimum Gasteiger partial charge on any atom is -0.383 e. The Bertz CT molecular complexity index is 538. The van der Waals surface area contributed by atoms with Crippen LogP contribution < -0.4 is 5.73 Å². The first kappa shape index (κ1) is 10.9. The van der Waals surface area contributed by atoms with Gasteiger partial charge in [0.1, 0.15) is 12.1 Å². The van der Waals surface area contributed by atoms with Crippen molar-refractivity contribution in [3.8, 4) is 11.3 Å². The highest BCUT2D eigenvalue weighted by Crippen LogP contribution is 2.27. The zero-order valence-electron chi connectivity index (χ0n) is 9.16. The quantitative estimate of drug-likeness (QED) is 0.824. The van der Waals surface area contributed by atoms with Gasteiger partial charge in [-0.1, -0.05) is 23.7 Å². The van der Waals surface area contributed by atoms with Crippen LogP contribution >= 0.6 is 11.6 Å². The maximum Gasteiger partial charge on any atom is 0.130 e. The van der Waals surface area contributed by atoms with Gasteiger partial charge in [-0.25, -0.2) is 9.97 Å². The molecule has 2 N–H and O–H groups in total. The number of hydrogen-bond donors (Lipinski definition) is 1. The van der Waals surface area contributed by atoms with Gasteiger partial charge < -0.3 is 5.73 Å². The molecule has 0 amide bonds. The third-order valence-corrected chi connectivity index (χ3v) is 2.98. The largest absolute Gasteiger partial charge is 0.383 e. The van der Waals surface area contributed by atoms with Gasteiger partial charge in [0.05, 0.1) is 5.69 Å². The molecular weight excluding hydrogens is 222 g/mol. The van der Waals surface area contributed by atoms with E-state index in [0.717, 1.165) is 27.4 Å². The predicted octanol–water partition coefficient (Wildman–Crippen LogP) is 3.00. The van der Waals surface area contributed by atoms with Crippen LogP contribution in [-0.2, 0) is 0 Å². The molecule has 1 aromatic heterocycles. The van der Waals surface area contributed by atoms with Gasteiger partial charge in [0.15, 0.2) is 0 Å². The molecule has 0 saturated carbocycles. The fraction of sp³-hybridized carbons (Fsp3) is 0.167. The first-order valence-corrected chi connectivity index (χ1v) is 5.31. The maximum absolute atomic E-state index is 6.08. The third-order valence-electron chi connectivity index (χ3n) is 2.57. The van der Waals surface area contributed by atoms with Gasteiger partial charge in [-0.2, -0.15) is 0 Å². The Labute approximate surface area is 99.3 Å². The van der Waals surface area contributed by atoms with E-state index in [0.29, 0.717) is 5.82 Å². The topological polar surface area (TPSA) is 51.8 Å². The first-order chi connectivity index (χ1) is 7.59. The number of benzene rings is 1. The summed E-state index contributed by atoms with van der Waals surface area (Å²) in [6.07, 6.45) is 1.46. The third kappa shape index (κ3) is 1.86. The molecule has 0 saturated heterocycles. The smallest absolute Gasteiger partial charge is 0.130 e. The highest BCUT2D eigenvalue weighted by Gasteiger charge is 2.07. The second kappa shape index (κ2) is 4.10. The highest BCUT2D eigenvalue weighted by molar-refractivity contribution is 6.31. The summed E-state index contributed by atoms with van der Waals surface area (Å²) >= 11 is 6.08. The SMILES string of the molecule is Cc1ccc(-c2ncnc(N)c2C)cc1Cl. The van der Waals surface area contributed by atoms with Crippen LogP contribution in [0, 0.1) is 13.8 Å². The molecule has 0 aliphatic rings. The average molecular weight is 234 g/mol. The number of halogens is 1. The van der Waals surface area contributed by atoms with Crippen molar-refractivity contribution in [3.63, 3.8) is 0 Å². The number of nitrogens with two attached hydrogens (primary N) is 1. The molecule has 0 bridgehead atoms. The molecule has 0 fully saturated rings. The molecule has 0 spiro atoms. The molecule has 4 heteroatoms. The van der Waals surface area contributed by atoms with Gasteiger partial charge >= 0.3 is 0 Å². The van der Waals surface area contributed by atoms with Crippen LogP contribution in [0.1, 0.15) is 11.1 Å². The molecule has 2 rings (SSSR count). The summed E-state index contributed by atoms with van der Waals surface area (Å²) in [5, 5.41) is 0.731. The molecule has 0 radical (unpaired) electrons. The van der Waals surface area contributed by atoms with Gasteiger partial charge in [0.2, 0.25) is 0 Å². The van der Waals surface area contributed by atoms with Crippen LogP contribution in [0.5, 0.6) is 0 Å². The summed E-state index contributed by atoms with van der Waals surface area (Å²) in [5.41, 5.74) is 9.45. The molecule has 3 nitrogen and oxygen atoms in total. The van der Waals surface area contributed by atoms with E-state index in [2.05, 4.69) is 9.97 Å². The average Bonchev–Trinajstić information content (AvgIpc) is 2.26. The van der Waals surface area contributed by atoms with E-state index in [9.17, 15) is 0 Å². The Kier molecular flexibility index (Phi) is 2.79. The zero-order chi connectivity index (χ0) is 11.7. The van der Waals surface area contributed by atoms with Crippen molar-refractivity contribution in [2.24, 2.45) is 0 Å². The van der Waals surface area contributed by atoms with E-state index in [4.69, 9.17) is 17.3 Å². The van der Waals surface area contributed by atoms with Gasteiger partial charge in [-0.15, -0.1) is 0 Å². The van der Waals surface area contributed by atoms with Gasteiger partial charge in [0, 0.05) is 16.1 Å². The minimum absolute atomic E-state index is 0.502. The zero-order valence-corrected chi connectivity index (χ0v) is 9.92. The number of rotatable bonds is 1. The lowest BCUT2D eigenvalue weighted by Gasteiger charge is -2.07. The maximum atomic E-state index is 6.08. The predicted molar refractivity (Wildman–Crippen MR) is 66.4 cm³/mol. The molecule has 0 aliphatic heterocycles. The number of hydrogen-bond acceptors (Lipinski definition) is 3. The van der Waals surface area contributed by atoms with Crippen molar-refractivity contribution in [3.05, 3.63) is 40.7 Å². The number of aryl methyl sites for hydroxylation is 1. The van der Waals surface area contributed by atoms with Crippen molar-refractivity contribution in [2.45, 2.75) is 13.8 Å². The minimum atomic E-state index is 0.502. The Balaban J connectivity index is 2.59. The van der Waals surface area contributed by atoms with Crippen molar-refractivity contribution in [1.82, 2.24) is 9.97 Å². The summed E-state index contributed by atoms with van der Waals surface area (Å²) in [6, 6.07) is 5.84. The van der Waals surface area contributed by atoms with Crippen molar-refractivity contribution < 1.29 is 0 Å². The summed E-state index contributed by atoms with van der Waals surface area (Å²) in [7, 11) is 0. The van der Waals surface area contributed by atoms with E-state index in [1.807, 2.05) is 32.0 Å². The van der Waals surface area contributed by atoms with Gasteiger partial charge in [-0.3, -0.25) is 0 Å². The Morgan fingerprint density at radius 1 is 1.19 bits per heavy atom. The fourth-order valence-corrected chi connectivity index (χ4v) is 1.68.